The molecular weight excluding hydrogens is 248 g/mol. The number of rotatable bonds is 4. The Hall–Kier alpha value is -1.30. The summed E-state index contributed by atoms with van der Waals surface area (Å²) in [6.45, 7) is 8.49. The van der Waals surface area contributed by atoms with Crippen LogP contribution in [0.2, 0.25) is 0 Å². The first-order valence-electron chi connectivity index (χ1n) is 6.78. The van der Waals surface area contributed by atoms with Crippen LogP contribution in [0.1, 0.15) is 34.1 Å². The molecule has 0 spiro atoms. The van der Waals surface area contributed by atoms with Crippen LogP contribution in [0, 0.1) is 5.92 Å². The smallest absolute Gasteiger partial charge is 0.326 e. The molecular formula is C13H24N2O4. The number of carboxylic acids is 1. The van der Waals surface area contributed by atoms with Gasteiger partial charge in [0.05, 0.1) is 18.8 Å². The fraction of sp³-hybridized carbons (Fsp3) is 0.846. The van der Waals surface area contributed by atoms with Gasteiger partial charge in [0.2, 0.25) is 0 Å². The Kier molecular flexibility index (Phi) is 5.60. The molecule has 110 valence electrons. The Morgan fingerprint density at radius 1 is 1.47 bits per heavy atom. The van der Waals surface area contributed by atoms with Gasteiger partial charge in [0.25, 0.3) is 0 Å². The highest BCUT2D eigenvalue weighted by molar-refractivity contribution is 5.83. The minimum atomic E-state index is -0.989. The van der Waals surface area contributed by atoms with Crippen LogP contribution in [0.5, 0.6) is 0 Å². The van der Waals surface area contributed by atoms with Gasteiger partial charge in [-0.15, -0.1) is 0 Å². The van der Waals surface area contributed by atoms with E-state index >= 15 is 0 Å². The molecule has 1 aliphatic heterocycles. The number of ether oxygens (including phenoxy) is 1. The number of aliphatic carboxylic acids is 1. The van der Waals surface area contributed by atoms with Gasteiger partial charge in [-0.2, -0.15) is 0 Å². The predicted molar refractivity (Wildman–Crippen MR) is 71.0 cm³/mol. The van der Waals surface area contributed by atoms with E-state index in [-0.39, 0.29) is 24.1 Å². The summed E-state index contributed by atoms with van der Waals surface area (Å²) in [6.07, 6.45) is 0.681. The number of nitrogens with one attached hydrogen (secondary N) is 1. The summed E-state index contributed by atoms with van der Waals surface area (Å²) in [6, 6.07) is -1.21. The number of hydrogen-bond donors (Lipinski definition) is 2. The van der Waals surface area contributed by atoms with E-state index in [1.54, 1.807) is 4.90 Å². The van der Waals surface area contributed by atoms with Gasteiger partial charge in [0.15, 0.2) is 0 Å². The molecule has 1 fully saturated rings. The van der Waals surface area contributed by atoms with Crippen molar-refractivity contribution in [3.63, 3.8) is 0 Å². The number of morpholine rings is 1. The third-order valence-electron chi connectivity index (χ3n) is 3.63. The summed E-state index contributed by atoms with van der Waals surface area (Å²) < 4.78 is 5.45. The summed E-state index contributed by atoms with van der Waals surface area (Å²) in [5, 5.41) is 11.8. The highest BCUT2D eigenvalue weighted by Gasteiger charge is 2.32. The van der Waals surface area contributed by atoms with Crippen molar-refractivity contribution in [3.8, 4) is 0 Å². The molecule has 1 rings (SSSR count). The third-order valence-corrected chi connectivity index (χ3v) is 3.63. The molecule has 0 aromatic carbocycles. The van der Waals surface area contributed by atoms with Gasteiger partial charge in [-0.05, 0) is 19.8 Å². The Morgan fingerprint density at radius 3 is 2.63 bits per heavy atom. The zero-order chi connectivity index (χ0) is 14.6. The first-order valence-corrected chi connectivity index (χ1v) is 6.78. The van der Waals surface area contributed by atoms with Crippen LogP contribution in [0.15, 0.2) is 0 Å². The standard InChI is InChI=1S/C13H24N2O4/c1-5-8(2)11(12(16)17)14-13(18)15-6-10(4)19-7-9(15)3/h8-11H,5-7H2,1-4H3,(H,14,18)(H,16,17). The van der Waals surface area contributed by atoms with E-state index in [0.717, 1.165) is 0 Å². The number of carbonyl (C=O) groups is 2. The van der Waals surface area contributed by atoms with E-state index in [9.17, 15) is 14.7 Å². The van der Waals surface area contributed by atoms with Crippen molar-refractivity contribution < 1.29 is 19.4 Å². The van der Waals surface area contributed by atoms with Crippen molar-refractivity contribution in [2.24, 2.45) is 5.92 Å². The first kappa shape index (κ1) is 15.8. The Balaban J connectivity index is 2.68. The van der Waals surface area contributed by atoms with E-state index in [4.69, 9.17) is 4.74 Å². The summed E-state index contributed by atoms with van der Waals surface area (Å²) in [5.41, 5.74) is 0. The molecule has 19 heavy (non-hydrogen) atoms. The van der Waals surface area contributed by atoms with Crippen LogP contribution in [-0.2, 0) is 9.53 Å². The maximum atomic E-state index is 12.2. The second kappa shape index (κ2) is 6.75. The molecule has 0 aliphatic carbocycles. The molecule has 0 bridgehead atoms. The van der Waals surface area contributed by atoms with Crippen molar-refractivity contribution in [3.05, 3.63) is 0 Å². The van der Waals surface area contributed by atoms with Gasteiger partial charge in [0.1, 0.15) is 6.04 Å². The van der Waals surface area contributed by atoms with Gasteiger partial charge >= 0.3 is 12.0 Å². The molecule has 1 heterocycles. The molecule has 4 unspecified atom stereocenters. The topological polar surface area (TPSA) is 78.9 Å². The van der Waals surface area contributed by atoms with Gasteiger partial charge < -0.3 is 20.1 Å². The molecule has 2 amide bonds. The van der Waals surface area contributed by atoms with Crippen LogP contribution in [-0.4, -0.2) is 53.3 Å². The summed E-state index contributed by atoms with van der Waals surface area (Å²) in [5.74, 6) is -1.09. The van der Waals surface area contributed by atoms with E-state index in [0.29, 0.717) is 19.6 Å². The first-order chi connectivity index (χ1) is 8.86. The lowest BCUT2D eigenvalue weighted by Crippen LogP contribution is -2.57. The molecule has 2 N–H and O–H groups in total. The van der Waals surface area contributed by atoms with Crippen molar-refractivity contribution in [2.75, 3.05) is 13.2 Å². The zero-order valence-electron chi connectivity index (χ0n) is 12.0. The number of urea groups is 1. The fourth-order valence-electron chi connectivity index (χ4n) is 2.09. The molecule has 0 aromatic heterocycles. The Bertz CT molecular complexity index is 335. The predicted octanol–water partition coefficient (Wildman–Crippen LogP) is 1.30. The minimum Gasteiger partial charge on any atom is -0.480 e. The maximum Gasteiger partial charge on any atom is 0.326 e. The molecule has 0 radical (unpaired) electrons. The summed E-state index contributed by atoms with van der Waals surface area (Å²) in [7, 11) is 0. The van der Waals surface area contributed by atoms with Crippen molar-refractivity contribution in [1.82, 2.24) is 10.2 Å². The highest BCUT2D eigenvalue weighted by atomic mass is 16.5. The second-order valence-electron chi connectivity index (χ2n) is 5.30. The molecule has 6 nitrogen and oxygen atoms in total. The third kappa shape index (κ3) is 4.09. The Labute approximate surface area is 114 Å². The normalized spacial score (nSPS) is 26.6. The van der Waals surface area contributed by atoms with E-state index in [1.807, 2.05) is 27.7 Å². The van der Waals surface area contributed by atoms with Crippen LogP contribution in [0.3, 0.4) is 0 Å². The van der Waals surface area contributed by atoms with Gasteiger partial charge in [-0.25, -0.2) is 9.59 Å². The highest BCUT2D eigenvalue weighted by Crippen LogP contribution is 2.13. The molecule has 4 atom stereocenters. The van der Waals surface area contributed by atoms with E-state index in [1.165, 1.54) is 0 Å². The van der Waals surface area contributed by atoms with Crippen LogP contribution in [0.4, 0.5) is 4.79 Å². The van der Waals surface area contributed by atoms with E-state index in [2.05, 4.69) is 5.32 Å². The molecule has 0 saturated carbocycles. The summed E-state index contributed by atoms with van der Waals surface area (Å²) >= 11 is 0. The van der Waals surface area contributed by atoms with E-state index < -0.39 is 12.0 Å². The Morgan fingerprint density at radius 2 is 2.11 bits per heavy atom. The van der Waals surface area contributed by atoms with Gasteiger partial charge in [-0.3, -0.25) is 0 Å². The molecule has 1 saturated heterocycles. The number of nitrogens with zero attached hydrogens (tertiary/aromatic N) is 1. The van der Waals surface area contributed by atoms with Crippen molar-refractivity contribution >= 4 is 12.0 Å². The van der Waals surface area contributed by atoms with Gasteiger partial charge in [-0.1, -0.05) is 20.3 Å². The van der Waals surface area contributed by atoms with Gasteiger partial charge in [0, 0.05) is 6.54 Å². The molecule has 0 aromatic rings. The fourth-order valence-corrected chi connectivity index (χ4v) is 2.09. The minimum absolute atomic E-state index is 0.0196. The number of hydrogen-bond acceptors (Lipinski definition) is 3. The van der Waals surface area contributed by atoms with Crippen molar-refractivity contribution in [2.45, 2.75) is 52.3 Å². The lowest BCUT2D eigenvalue weighted by molar-refractivity contribution is -0.140. The SMILES string of the molecule is CCC(C)C(NC(=O)N1CC(C)OCC1C)C(=O)O. The lowest BCUT2D eigenvalue weighted by atomic mass is 9.99. The van der Waals surface area contributed by atoms with Crippen LogP contribution < -0.4 is 5.32 Å². The van der Waals surface area contributed by atoms with Crippen LogP contribution >= 0.6 is 0 Å². The monoisotopic (exact) mass is 272 g/mol. The lowest BCUT2D eigenvalue weighted by Gasteiger charge is -2.37. The average molecular weight is 272 g/mol. The van der Waals surface area contributed by atoms with Crippen LogP contribution in [0.25, 0.3) is 0 Å². The molecule has 1 aliphatic rings. The average Bonchev–Trinajstić information content (AvgIpc) is 2.37. The maximum absolute atomic E-state index is 12.2. The number of carbonyl (C=O) groups excluding carboxylic acids is 1. The number of carboxylic acid groups (broad SMARTS) is 1. The quantitative estimate of drug-likeness (QED) is 0.808. The zero-order valence-corrected chi connectivity index (χ0v) is 12.0. The molecule has 6 heteroatoms. The van der Waals surface area contributed by atoms with Crippen molar-refractivity contribution in [1.29, 1.82) is 0 Å². The number of amides is 2. The largest absolute Gasteiger partial charge is 0.480 e. The summed E-state index contributed by atoms with van der Waals surface area (Å²) in [4.78, 5) is 25.0. The second-order valence-corrected chi connectivity index (χ2v) is 5.30.